The van der Waals surface area contributed by atoms with Gasteiger partial charge in [-0.25, -0.2) is 13.4 Å². The molecular weight excluding hydrogens is 506 g/mol. The molecule has 1 saturated carbocycles. The van der Waals surface area contributed by atoms with E-state index in [1.54, 1.807) is 18.3 Å². The van der Waals surface area contributed by atoms with Crippen molar-refractivity contribution in [2.75, 3.05) is 11.3 Å². The molecule has 198 valence electrons. The minimum absolute atomic E-state index is 0.00352. The largest absolute Gasteiger partial charge is 0.487 e. The fourth-order valence-electron chi connectivity index (χ4n) is 3.80. The van der Waals surface area contributed by atoms with Crippen molar-refractivity contribution in [3.05, 3.63) is 77.8 Å². The molecule has 1 aliphatic rings. The zero-order valence-corrected chi connectivity index (χ0v) is 22.0. The Morgan fingerprint density at radius 1 is 1.13 bits per heavy atom. The van der Waals surface area contributed by atoms with E-state index in [1.165, 1.54) is 16.8 Å². The van der Waals surface area contributed by atoms with Gasteiger partial charge in [-0.1, -0.05) is 18.2 Å². The summed E-state index contributed by atoms with van der Waals surface area (Å²) >= 11 is 0. The number of hydrogen-bond donors (Lipinski definition) is 2. The van der Waals surface area contributed by atoms with E-state index < -0.39 is 10.0 Å². The predicted octanol–water partition coefficient (Wildman–Crippen LogP) is 4.39. The maximum Gasteiger partial charge on any atom is 0.263 e. The number of oxazole rings is 1. The van der Waals surface area contributed by atoms with Crippen LogP contribution in [0.2, 0.25) is 0 Å². The van der Waals surface area contributed by atoms with Crippen LogP contribution in [0.5, 0.6) is 5.75 Å². The Balaban J connectivity index is 1.25. The van der Waals surface area contributed by atoms with Gasteiger partial charge in [-0.2, -0.15) is 5.10 Å². The molecular formula is C27H29N5O5S. The molecule has 2 heterocycles. The lowest BCUT2D eigenvalue weighted by Crippen LogP contribution is -2.26. The summed E-state index contributed by atoms with van der Waals surface area (Å²) in [6, 6.07) is 15.6. The Morgan fingerprint density at radius 2 is 1.87 bits per heavy atom. The zero-order chi connectivity index (χ0) is 26.7. The number of nitrogens with zero attached hydrogens (tertiary/aromatic N) is 3. The van der Waals surface area contributed by atoms with Crippen molar-refractivity contribution in [1.82, 2.24) is 20.1 Å². The van der Waals surface area contributed by atoms with Crippen LogP contribution in [0.4, 0.5) is 5.82 Å². The maximum absolute atomic E-state index is 13.1. The summed E-state index contributed by atoms with van der Waals surface area (Å²) in [7, 11) is -3.99. The van der Waals surface area contributed by atoms with E-state index in [0.29, 0.717) is 42.1 Å². The molecule has 0 spiro atoms. The lowest BCUT2D eigenvalue weighted by atomic mass is 10.2. The Kier molecular flexibility index (Phi) is 7.19. The average Bonchev–Trinajstić information content (AvgIpc) is 3.56. The van der Waals surface area contributed by atoms with Gasteiger partial charge < -0.3 is 14.5 Å². The monoisotopic (exact) mass is 535 g/mol. The van der Waals surface area contributed by atoms with Crippen molar-refractivity contribution in [3.8, 4) is 17.2 Å². The van der Waals surface area contributed by atoms with E-state index in [2.05, 4.69) is 20.1 Å². The minimum Gasteiger partial charge on any atom is -0.487 e. The zero-order valence-electron chi connectivity index (χ0n) is 21.2. The SMILES string of the molecule is CCn1cc(C(=O)NCC2CC2)c(NS(=O)(=O)c2ccc(OCc3nc(-c4ccccc4)oc3C)cc2)n1. The van der Waals surface area contributed by atoms with Gasteiger partial charge in [0.15, 0.2) is 5.82 Å². The molecule has 10 nitrogen and oxygen atoms in total. The van der Waals surface area contributed by atoms with Crippen molar-refractivity contribution >= 4 is 21.7 Å². The Bertz CT molecular complexity index is 1520. The first kappa shape index (κ1) is 25.5. The van der Waals surface area contributed by atoms with Crippen LogP contribution < -0.4 is 14.8 Å². The van der Waals surface area contributed by atoms with Crippen molar-refractivity contribution < 1.29 is 22.4 Å². The molecule has 0 bridgehead atoms. The predicted molar refractivity (Wildman–Crippen MR) is 141 cm³/mol. The molecule has 2 aromatic carbocycles. The normalized spacial score (nSPS) is 13.3. The number of hydrogen-bond acceptors (Lipinski definition) is 7. The van der Waals surface area contributed by atoms with Crippen LogP contribution in [0.25, 0.3) is 11.5 Å². The lowest BCUT2D eigenvalue weighted by Gasteiger charge is -2.09. The molecule has 0 radical (unpaired) electrons. The van der Waals surface area contributed by atoms with Gasteiger partial charge >= 0.3 is 0 Å². The lowest BCUT2D eigenvalue weighted by molar-refractivity contribution is 0.0952. The first-order valence-electron chi connectivity index (χ1n) is 12.5. The van der Waals surface area contributed by atoms with E-state index in [1.807, 2.05) is 44.2 Å². The van der Waals surface area contributed by atoms with E-state index in [9.17, 15) is 13.2 Å². The Hall–Kier alpha value is -4.12. The summed E-state index contributed by atoms with van der Waals surface area (Å²) in [5.41, 5.74) is 1.71. The molecule has 5 rings (SSSR count). The number of aromatic nitrogens is 3. The van der Waals surface area contributed by atoms with Gasteiger partial charge in [0.25, 0.3) is 15.9 Å². The average molecular weight is 536 g/mol. The third kappa shape index (κ3) is 5.88. The number of aryl methyl sites for hydroxylation is 2. The van der Waals surface area contributed by atoms with Crippen molar-refractivity contribution in [3.63, 3.8) is 0 Å². The number of benzene rings is 2. The van der Waals surface area contributed by atoms with Gasteiger partial charge in [0.05, 0.1) is 4.90 Å². The molecule has 2 N–H and O–H groups in total. The third-order valence-electron chi connectivity index (χ3n) is 6.23. The molecule has 1 aliphatic carbocycles. The second kappa shape index (κ2) is 10.7. The van der Waals surface area contributed by atoms with Crippen molar-refractivity contribution in [2.24, 2.45) is 5.92 Å². The van der Waals surface area contributed by atoms with Crippen LogP contribution >= 0.6 is 0 Å². The Labute approximate surface area is 221 Å². The van der Waals surface area contributed by atoms with Crippen molar-refractivity contribution in [2.45, 2.75) is 44.7 Å². The highest BCUT2D eigenvalue weighted by Crippen LogP contribution is 2.28. The minimum atomic E-state index is -3.99. The third-order valence-corrected chi connectivity index (χ3v) is 7.59. The molecule has 1 amide bonds. The summed E-state index contributed by atoms with van der Waals surface area (Å²) in [6.07, 6.45) is 3.74. The van der Waals surface area contributed by atoms with Crippen LogP contribution in [0.3, 0.4) is 0 Å². The molecule has 38 heavy (non-hydrogen) atoms. The maximum atomic E-state index is 13.1. The number of sulfonamides is 1. The second-order valence-electron chi connectivity index (χ2n) is 9.15. The van der Waals surface area contributed by atoms with Gasteiger partial charge in [0.1, 0.15) is 29.4 Å². The smallest absolute Gasteiger partial charge is 0.263 e. The summed E-state index contributed by atoms with van der Waals surface area (Å²) < 4.78 is 41.7. The van der Waals surface area contributed by atoms with Crippen LogP contribution in [0, 0.1) is 12.8 Å². The first-order chi connectivity index (χ1) is 18.3. The van der Waals surface area contributed by atoms with Gasteiger partial charge in [0.2, 0.25) is 5.89 Å². The summed E-state index contributed by atoms with van der Waals surface area (Å²) in [5, 5.41) is 7.10. The highest BCUT2D eigenvalue weighted by molar-refractivity contribution is 7.92. The van der Waals surface area contributed by atoms with E-state index in [-0.39, 0.29) is 28.8 Å². The molecule has 2 aromatic heterocycles. The van der Waals surface area contributed by atoms with Gasteiger partial charge in [-0.05, 0) is 69.0 Å². The van der Waals surface area contributed by atoms with Gasteiger partial charge in [-0.15, -0.1) is 0 Å². The Morgan fingerprint density at radius 3 is 2.55 bits per heavy atom. The highest BCUT2D eigenvalue weighted by atomic mass is 32.2. The molecule has 1 fully saturated rings. The molecule has 4 aromatic rings. The van der Waals surface area contributed by atoms with E-state index in [0.717, 1.165) is 18.4 Å². The first-order valence-corrected chi connectivity index (χ1v) is 13.9. The summed E-state index contributed by atoms with van der Waals surface area (Å²) in [6.45, 7) is 4.92. The van der Waals surface area contributed by atoms with E-state index >= 15 is 0 Å². The second-order valence-corrected chi connectivity index (χ2v) is 10.8. The van der Waals surface area contributed by atoms with Gasteiger partial charge in [0, 0.05) is 24.8 Å². The molecule has 0 unspecified atom stereocenters. The van der Waals surface area contributed by atoms with Crippen LogP contribution in [0.15, 0.2) is 70.1 Å². The molecule has 11 heteroatoms. The van der Waals surface area contributed by atoms with E-state index in [4.69, 9.17) is 9.15 Å². The fourth-order valence-corrected chi connectivity index (χ4v) is 4.82. The fraction of sp³-hybridized carbons (Fsp3) is 0.296. The van der Waals surface area contributed by atoms with Gasteiger partial charge in [-0.3, -0.25) is 14.2 Å². The number of carbonyl (C=O) groups is 1. The molecule has 0 atom stereocenters. The number of nitrogens with one attached hydrogen (secondary N) is 2. The summed E-state index contributed by atoms with van der Waals surface area (Å²) in [4.78, 5) is 17.2. The van der Waals surface area contributed by atoms with Crippen molar-refractivity contribution in [1.29, 1.82) is 0 Å². The number of ether oxygens (including phenoxy) is 1. The standard InChI is InChI=1S/C27H29N5O5S/c1-3-32-16-23(26(33)28-15-19-9-10-19)25(30-32)31-38(34,35)22-13-11-21(12-14-22)36-17-24-18(2)37-27(29-24)20-7-5-4-6-8-20/h4-8,11-14,16,19H,3,9-10,15,17H2,1-2H3,(H,28,33)(H,30,31). The van der Waals surface area contributed by atoms with Crippen LogP contribution in [-0.2, 0) is 23.2 Å². The number of rotatable bonds is 11. The number of carbonyl (C=O) groups excluding carboxylic acids is 1. The molecule has 0 aliphatic heterocycles. The topological polar surface area (TPSA) is 128 Å². The molecule has 0 saturated heterocycles. The quantitative estimate of drug-likeness (QED) is 0.292. The van der Waals surface area contributed by atoms with Crippen LogP contribution in [-0.4, -0.2) is 35.6 Å². The number of anilines is 1. The number of amides is 1. The highest BCUT2D eigenvalue weighted by Gasteiger charge is 2.25. The van der Waals surface area contributed by atoms with Crippen LogP contribution in [0.1, 0.15) is 41.6 Å². The summed E-state index contributed by atoms with van der Waals surface area (Å²) in [5.74, 6) is 1.78.